The Hall–Kier alpha value is -2.86. The van der Waals surface area contributed by atoms with Gasteiger partial charge < -0.3 is 10.1 Å². The first-order valence-electron chi connectivity index (χ1n) is 8.10. The molecule has 2 aromatic rings. The van der Waals surface area contributed by atoms with Gasteiger partial charge in [0.1, 0.15) is 11.5 Å². The van der Waals surface area contributed by atoms with Gasteiger partial charge in [0.15, 0.2) is 0 Å². The van der Waals surface area contributed by atoms with Crippen molar-refractivity contribution in [2.45, 2.75) is 19.8 Å². The average Bonchev–Trinajstić information content (AvgIpc) is 2.63. The predicted octanol–water partition coefficient (Wildman–Crippen LogP) is 3.78. The van der Waals surface area contributed by atoms with Crippen LogP contribution in [0.25, 0.3) is 0 Å². The first-order chi connectivity index (χ1) is 12.5. The first kappa shape index (κ1) is 17.9. The Morgan fingerprint density at radius 2 is 2.00 bits per heavy atom. The molecular weight excluding hydrogens is 354 g/mol. The topological polar surface area (TPSA) is 71.0 Å². The number of carbonyl (C=O) groups is 2. The fourth-order valence-electron chi connectivity index (χ4n) is 2.65. The number of aryl methyl sites for hydroxylation is 1. The van der Waals surface area contributed by atoms with E-state index in [-0.39, 0.29) is 24.7 Å². The SMILES string of the molecule is COc1ccc(NC(=O)C2=NN(c3ccccc3C)C(=O)CC2)cc1Cl. The van der Waals surface area contributed by atoms with Crippen molar-refractivity contribution in [1.29, 1.82) is 0 Å². The number of amides is 2. The van der Waals surface area contributed by atoms with Crippen molar-refractivity contribution in [3.8, 4) is 5.75 Å². The van der Waals surface area contributed by atoms with Crippen LogP contribution >= 0.6 is 11.6 Å². The van der Waals surface area contributed by atoms with Crippen LogP contribution in [-0.4, -0.2) is 24.6 Å². The van der Waals surface area contributed by atoms with Crippen LogP contribution in [-0.2, 0) is 9.59 Å². The second-order valence-corrected chi connectivity index (χ2v) is 6.25. The molecule has 1 N–H and O–H groups in total. The fraction of sp³-hybridized carbons (Fsp3) is 0.211. The van der Waals surface area contributed by atoms with E-state index < -0.39 is 0 Å². The van der Waals surface area contributed by atoms with Crippen LogP contribution in [0.3, 0.4) is 0 Å². The van der Waals surface area contributed by atoms with E-state index in [0.29, 0.717) is 27.9 Å². The monoisotopic (exact) mass is 371 g/mol. The fourth-order valence-corrected chi connectivity index (χ4v) is 2.91. The van der Waals surface area contributed by atoms with Gasteiger partial charge in [-0.25, -0.2) is 5.01 Å². The zero-order chi connectivity index (χ0) is 18.7. The molecule has 3 rings (SSSR count). The highest BCUT2D eigenvalue weighted by Gasteiger charge is 2.26. The van der Waals surface area contributed by atoms with Crippen LogP contribution in [0.4, 0.5) is 11.4 Å². The summed E-state index contributed by atoms with van der Waals surface area (Å²) in [7, 11) is 1.52. The van der Waals surface area contributed by atoms with Gasteiger partial charge in [0.25, 0.3) is 5.91 Å². The van der Waals surface area contributed by atoms with Gasteiger partial charge in [-0.2, -0.15) is 5.10 Å². The van der Waals surface area contributed by atoms with Crippen molar-refractivity contribution in [3.63, 3.8) is 0 Å². The van der Waals surface area contributed by atoms with E-state index in [0.717, 1.165) is 5.56 Å². The van der Waals surface area contributed by atoms with Crippen molar-refractivity contribution in [2.75, 3.05) is 17.4 Å². The third-order valence-corrected chi connectivity index (χ3v) is 4.34. The number of para-hydroxylation sites is 1. The van der Waals surface area contributed by atoms with Crippen molar-refractivity contribution in [1.82, 2.24) is 0 Å². The molecule has 0 atom stereocenters. The molecule has 1 aliphatic rings. The highest BCUT2D eigenvalue weighted by molar-refractivity contribution is 6.44. The van der Waals surface area contributed by atoms with Gasteiger partial charge >= 0.3 is 0 Å². The van der Waals surface area contributed by atoms with E-state index in [2.05, 4.69) is 10.4 Å². The van der Waals surface area contributed by atoms with Crippen molar-refractivity contribution < 1.29 is 14.3 Å². The Morgan fingerprint density at radius 3 is 2.69 bits per heavy atom. The minimum Gasteiger partial charge on any atom is -0.495 e. The summed E-state index contributed by atoms with van der Waals surface area (Å²) in [6.45, 7) is 1.89. The molecular formula is C19H18ClN3O3. The minimum absolute atomic E-state index is 0.136. The normalized spacial score (nSPS) is 14.0. The predicted molar refractivity (Wildman–Crippen MR) is 102 cm³/mol. The maximum Gasteiger partial charge on any atom is 0.271 e. The summed E-state index contributed by atoms with van der Waals surface area (Å²) in [5.41, 5.74) is 2.41. The van der Waals surface area contributed by atoms with Crippen molar-refractivity contribution >= 4 is 40.5 Å². The number of carbonyl (C=O) groups excluding carboxylic acids is 2. The lowest BCUT2D eigenvalue weighted by Crippen LogP contribution is -2.36. The zero-order valence-corrected chi connectivity index (χ0v) is 15.2. The van der Waals surface area contributed by atoms with Crippen LogP contribution in [0.1, 0.15) is 18.4 Å². The highest BCUT2D eigenvalue weighted by atomic mass is 35.5. The van der Waals surface area contributed by atoms with E-state index >= 15 is 0 Å². The van der Waals surface area contributed by atoms with Gasteiger partial charge in [-0.3, -0.25) is 9.59 Å². The second-order valence-electron chi connectivity index (χ2n) is 5.84. The Morgan fingerprint density at radius 1 is 1.23 bits per heavy atom. The lowest BCUT2D eigenvalue weighted by Gasteiger charge is -2.24. The molecule has 0 unspecified atom stereocenters. The molecule has 0 bridgehead atoms. The lowest BCUT2D eigenvalue weighted by atomic mass is 10.1. The number of ether oxygens (including phenoxy) is 1. The van der Waals surface area contributed by atoms with E-state index in [9.17, 15) is 9.59 Å². The number of anilines is 2. The van der Waals surface area contributed by atoms with Crippen LogP contribution in [0.15, 0.2) is 47.6 Å². The number of hydrazone groups is 1. The summed E-state index contributed by atoms with van der Waals surface area (Å²) >= 11 is 6.08. The van der Waals surface area contributed by atoms with Crippen LogP contribution in [0.2, 0.25) is 5.02 Å². The molecule has 0 saturated heterocycles. The number of hydrogen-bond donors (Lipinski definition) is 1. The molecule has 2 amide bonds. The van der Waals surface area contributed by atoms with Gasteiger partial charge in [-0.05, 0) is 36.8 Å². The average molecular weight is 372 g/mol. The lowest BCUT2D eigenvalue weighted by molar-refractivity contribution is -0.118. The Balaban J connectivity index is 1.82. The molecule has 0 spiro atoms. The largest absolute Gasteiger partial charge is 0.495 e. The van der Waals surface area contributed by atoms with E-state index in [1.54, 1.807) is 24.3 Å². The van der Waals surface area contributed by atoms with Gasteiger partial charge in [0.2, 0.25) is 5.91 Å². The minimum atomic E-state index is -0.364. The number of benzene rings is 2. The van der Waals surface area contributed by atoms with E-state index in [4.69, 9.17) is 16.3 Å². The first-order valence-corrected chi connectivity index (χ1v) is 8.48. The number of nitrogens with zero attached hydrogens (tertiary/aromatic N) is 2. The molecule has 0 fully saturated rings. The Labute approximate surface area is 156 Å². The van der Waals surface area contributed by atoms with Crippen LogP contribution in [0, 0.1) is 6.92 Å². The summed E-state index contributed by atoms with van der Waals surface area (Å²) in [5.74, 6) is 0.0247. The van der Waals surface area contributed by atoms with Gasteiger partial charge in [0, 0.05) is 18.5 Å². The molecule has 6 nitrogen and oxygen atoms in total. The van der Waals surface area contributed by atoms with E-state index in [1.807, 2.05) is 25.1 Å². The standard InChI is InChI=1S/C19H18ClN3O3/c1-12-5-3-4-6-16(12)23-18(24)10-8-15(22-23)19(25)21-13-7-9-17(26-2)14(20)11-13/h3-7,9,11H,8,10H2,1-2H3,(H,21,25). The maximum absolute atomic E-state index is 12.5. The summed E-state index contributed by atoms with van der Waals surface area (Å²) in [6.07, 6.45) is 0.515. The summed E-state index contributed by atoms with van der Waals surface area (Å²) in [4.78, 5) is 24.8. The summed E-state index contributed by atoms with van der Waals surface area (Å²) in [5, 5.41) is 8.73. The molecule has 7 heteroatoms. The Bertz CT molecular complexity index is 895. The maximum atomic E-state index is 12.5. The quantitative estimate of drug-likeness (QED) is 0.889. The smallest absolute Gasteiger partial charge is 0.271 e. The van der Waals surface area contributed by atoms with Gasteiger partial charge in [0.05, 0.1) is 17.8 Å². The summed E-state index contributed by atoms with van der Waals surface area (Å²) < 4.78 is 5.09. The van der Waals surface area contributed by atoms with E-state index in [1.165, 1.54) is 12.1 Å². The summed E-state index contributed by atoms with van der Waals surface area (Å²) in [6, 6.07) is 12.4. The van der Waals surface area contributed by atoms with Crippen LogP contribution < -0.4 is 15.1 Å². The number of nitrogens with one attached hydrogen (secondary N) is 1. The number of rotatable bonds is 4. The zero-order valence-electron chi connectivity index (χ0n) is 14.5. The molecule has 134 valence electrons. The molecule has 26 heavy (non-hydrogen) atoms. The molecule has 0 aliphatic carbocycles. The van der Waals surface area contributed by atoms with Crippen molar-refractivity contribution in [3.05, 3.63) is 53.1 Å². The third kappa shape index (κ3) is 3.70. The number of halogens is 1. The second kappa shape index (κ2) is 7.58. The van der Waals surface area contributed by atoms with Crippen LogP contribution in [0.5, 0.6) is 5.75 Å². The highest BCUT2D eigenvalue weighted by Crippen LogP contribution is 2.28. The molecule has 0 aromatic heterocycles. The van der Waals surface area contributed by atoms with Gasteiger partial charge in [-0.15, -0.1) is 0 Å². The molecule has 0 radical (unpaired) electrons. The molecule has 0 saturated carbocycles. The van der Waals surface area contributed by atoms with Crippen molar-refractivity contribution in [2.24, 2.45) is 5.10 Å². The third-order valence-electron chi connectivity index (χ3n) is 4.05. The Kier molecular flexibility index (Phi) is 5.23. The number of hydrogen-bond acceptors (Lipinski definition) is 4. The molecule has 2 aromatic carbocycles. The van der Waals surface area contributed by atoms with Gasteiger partial charge in [-0.1, -0.05) is 29.8 Å². The molecule has 1 heterocycles. The number of methoxy groups -OCH3 is 1. The molecule has 1 aliphatic heterocycles.